The Bertz CT molecular complexity index is 185. The summed E-state index contributed by atoms with van der Waals surface area (Å²) < 4.78 is 38.9. The van der Waals surface area contributed by atoms with Crippen molar-refractivity contribution in [3.8, 4) is 0 Å². The number of esters is 1. The minimum Gasteiger partial charge on any atom is -0.460 e. The van der Waals surface area contributed by atoms with E-state index in [0.717, 1.165) is 6.42 Å². The molecule has 0 N–H and O–H groups in total. The Labute approximate surface area is 68.0 Å². The van der Waals surface area contributed by atoms with E-state index < -0.39 is 17.9 Å². The maximum absolute atomic E-state index is 12.0. The molecule has 0 saturated carbocycles. The molecule has 0 saturated heterocycles. The molecule has 0 rings (SSSR count). The fourth-order valence-corrected chi connectivity index (χ4v) is 0.450. The van der Waals surface area contributed by atoms with Crippen molar-refractivity contribution in [3.63, 3.8) is 0 Å². The van der Waals surface area contributed by atoms with Crippen LogP contribution in [0.25, 0.3) is 0 Å². The van der Waals surface area contributed by atoms with Crippen LogP contribution in [0.5, 0.6) is 0 Å². The van der Waals surface area contributed by atoms with Gasteiger partial charge in [-0.25, -0.2) is 4.79 Å². The highest BCUT2D eigenvalue weighted by molar-refractivity contribution is 5.86. The molecule has 0 fully saturated rings. The van der Waals surface area contributed by atoms with Gasteiger partial charge >= 0.3 is 12.0 Å². The molecule has 0 radical (unpaired) electrons. The van der Waals surface area contributed by atoms with Crippen molar-refractivity contribution in [1.82, 2.24) is 0 Å². The van der Waals surface area contributed by atoms with Crippen LogP contribution in [-0.2, 0) is 9.53 Å². The number of ether oxygens (including phenoxy) is 1. The van der Waals surface area contributed by atoms with E-state index in [2.05, 4.69) is 4.74 Å². The summed E-state index contributed by atoms with van der Waals surface area (Å²) in [5, 5.41) is 0. The molecule has 0 atom stereocenters. The first-order chi connectivity index (χ1) is 5.59. The molecule has 0 heterocycles. The summed E-state index contributed by atoms with van der Waals surface area (Å²) in [7, 11) is 0. The predicted molar refractivity (Wildman–Crippen MR) is 36.2 cm³/mol. The van der Waals surface area contributed by atoms with E-state index in [-0.39, 0.29) is 6.61 Å². The Balaban J connectivity index is 3.81. The molecule has 12 heavy (non-hydrogen) atoms. The quantitative estimate of drug-likeness (QED) is 0.379. The van der Waals surface area contributed by atoms with Gasteiger partial charge in [-0.15, -0.1) is 0 Å². The lowest BCUT2D eigenvalue weighted by atomic mass is 10.4. The molecular formula is C7H9F3O2. The highest BCUT2D eigenvalue weighted by Gasteiger charge is 2.16. The van der Waals surface area contributed by atoms with E-state index in [1.807, 2.05) is 6.92 Å². The summed E-state index contributed by atoms with van der Waals surface area (Å²) in [5.41, 5.74) is 0. The third kappa shape index (κ3) is 4.00. The second-order valence-corrected chi connectivity index (χ2v) is 2.06. The second kappa shape index (κ2) is 5.62. The van der Waals surface area contributed by atoms with Crippen LogP contribution in [0.1, 0.15) is 19.8 Å². The predicted octanol–water partition coefficient (Wildman–Crippen LogP) is 2.41. The van der Waals surface area contributed by atoms with Gasteiger partial charge in [0.05, 0.1) is 6.61 Å². The molecular weight excluding hydrogens is 173 g/mol. The maximum atomic E-state index is 12.0. The lowest BCUT2D eigenvalue weighted by molar-refractivity contribution is -0.141. The van der Waals surface area contributed by atoms with E-state index in [9.17, 15) is 18.0 Å². The molecule has 0 amide bonds. The molecule has 0 aliphatic carbocycles. The minimum absolute atomic E-state index is 0.0317. The zero-order chi connectivity index (χ0) is 9.56. The Kier molecular flexibility index (Phi) is 5.16. The molecule has 0 aliphatic heterocycles. The summed E-state index contributed by atoms with van der Waals surface area (Å²) in [4.78, 5) is 10.3. The number of rotatable bonds is 4. The molecule has 0 aromatic heterocycles. The fraction of sp³-hybridized carbons (Fsp3) is 0.571. The van der Waals surface area contributed by atoms with Crippen molar-refractivity contribution < 1.29 is 22.7 Å². The second-order valence-electron chi connectivity index (χ2n) is 2.06. The Morgan fingerprint density at radius 1 is 1.33 bits per heavy atom. The average Bonchev–Trinajstić information content (AvgIpc) is 2.03. The van der Waals surface area contributed by atoms with Gasteiger partial charge in [-0.3, -0.25) is 0 Å². The van der Waals surface area contributed by atoms with Crippen molar-refractivity contribution in [2.24, 2.45) is 0 Å². The maximum Gasteiger partial charge on any atom is 0.372 e. The van der Waals surface area contributed by atoms with Crippen LogP contribution in [0, 0.1) is 0 Å². The minimum atomic E-state index is -2.64. The molecule has 70 valence electrons. The molecule has 0 spiro atoms. The van der Waals surface area contributed by atoms with Gasteiger partial charge in [-0.05, 0) is 6.42 Å². The molecule has 0 aromatic rings. The van der Waals surface area contributed by atoms with Gasteiger partial charge < -0.3 is 4.74 Å². The summed E-state index contributed by atoms with van der Waals surface area (Å²) in [6.45, 7) is 1.80. The summed E-state index contributed by atoms with van der Waals surface area (Å²) in [6.07, 6.45) is -1.36. The van der Waals surface area contributed by atoms with E-state index in [4.69, 9.17) is 0 Å². The fourth-order valence-electron chi connectivity index (χ4n) is 0.450. The molecule has 0 unspecified atom stereocenters. The van der Waals surface area contributed by atoms with Crippen molar-refractivity contribution in [2.75, 3.05) is 6.61 Å². The topological polar surface area (TPSA) is 26.3 Å². The molecule has 2 nitrogen and oxygen atoms in total. The first kappa shape index (κ1) is 11.0. The third-order valence-electron chi connectivity index (χ3n) is 1.08. The monoisotopic (exact) mass is 182 g/mol. The number of hydrogen-bond donors (Lipinski definition) is 0. The number of halogens is 3. The number of carbonyl (C=O) groups excluding carboxylic acids is 1. The van der Waals surface area contributed by atoms with Crippen LogP contribution in [0.4, 0.5) is 13.2 Å². The van der Waals surface area contributed by atoms with Gasteiger partial charge in [0.15, 0.2) is 0 Å². The zero-order valence-corrected chi connectivity index (χ0v) is 6.57. The third-order valence-corrected chi connectivity index (χ3v) is 1.08. The first-order valence-corrected chi connectivity index (χ1v) is 3.47. The van der Waals surface area contributed by atoms with Crippen LogP contribution in [0.15, 0.2) is 11.9 Å². The molecule has 0 bridgehead atoms. The van der Waals surface area contributed by atoms with Crippen LogP contribution in [-0.4, -0.2) is 12.6 Å². The molecule has 0 aliphatic rings. The smallest absolute Gasteiger partial charge is 0.372 e. The lowest BCUT2D eigenvalue weighted by Crippen LogP contribution is -2.06. The van der Waals surface area contributed by atoms with Gasteiger partial charge in [-0.2, -0.15) is 13.2 Å². The number of hydrogen-bond acceptors (Lipinski definition) is 2. The van der Waals surface area contributed by atoms with Crippen molar-refractivity contribution >= 4 is 5.97 Å². The number of unbranched alkanes of at least 4 members (excludes halogenated alkanes) is 1. The van der Waals surface area contributed by atoms with Crippen molar-refractivity contribution in [1.29, 1.82) is 0 Å². The van der Waals surface area contributed by atoms with Gasteiger partial charge in [0, 0.05) is 0 Å². The standard InChI is InChI=1S/C7H9F3O2/c1-2-3-4-12-7(11)5(8)6(9)10/h2-4H2,1H3. The van der Waals surface area contributed by atoms with Crippen LogP contribution in [0.3, 0.4) is 0 Å². The van der Waals surface area contributed by atoms with Crippen molar-refractivity contribution in [3.05, 3.63) is 11.9 Å². The van der Waals surface area contributed by atoms with Crippen molar-refractivity contribution in [2.45, 2.75) is 19.8 Å². The van der Waals surface area contributed by atoms with Crippen LogP contribution >= 0.6 is 0 Å². The van der Waals surface area contributed by atoms with Gasteiger partial charge in [0.25, 0.3) is 5.83 Å². The van der Waals surface area contributed by atoms with Gasteiger partial charge in [-0.1, -0.05) is 13.3 Å². The van der Waals surface area contributed by atoms with Crippen LogP contribution < -0.4 is 0 Å². The normalized spacial score (nSPS) is 9.33. The Morgan fingerprint density at radius 2 is 1.92 bits per heavy atom. The number of carbonyl (C=O) groups is 1. The highest BCUT2D eigenvalue weighted by Crippen LogP contribution is 2.10. The molecule has 5 heteroatoms. The van der Waals surface area contributed by atoms with Gasteiger partial charge in [0.1, 0.15) is 0 Å². The zero-order valence-electron chi connectivity index (χ0n) is 6.57. The summed E-state index contributed by atoms with van der Waals surface area (Å²) in [5.74, 6) is -3.70. The Morgan fingerprint density at radius 3 is 2.33 bits per heavy atom. The first-order valence-electron chi connectivity index (χ1n) is 3.47. The summed E-state index contributed by atoms with van der Waals surface area (Å²) in [6, 6.07) is 0. The van der Waals surface area contributed by atoms with E-state index >= 15 is 0 Å². The summed E-state index contributed by atoms with van der Waals surface area (Å²) >= 11 is 0. The highest BCUT2D eigenvalue weighted by atomic mass is 19.3. The SMILES string of the molecule is CCCCOC(=O)C(F)=C(F)F. The van der Waals surface area contributed by atoms with Crippen LogP contribution in [0.2, 0.25) is 0 Å². The Hall–Kier alpha value is -1.00. The largest absolute Gasteiger partial charge is 0.460 e. The lowest BCUT2D eigenvalue weighted by Gasteiger charge is -1.99. The average molecular weight is 182 g/mol. The molecule has 0 aromatic carbocycles. The van der Waals surface area contributed by atoms with E-state index in [1.165, 1.54) is 0 Å². The van der Waals surface area contributed by atoms with E-state index in [1.54, 1.807) is 0 Å². The van der Waals surface area contributed by atoms with E-state index in [0.29, 0.717) is 6.42 Å². The van der Waals surface area contributed by atoms with Gasteiger partial charge in [0.2, 0.25) is 0 Å².